The largest absolute Gasteiger partial charge is 0.497 e. The minimum atomic E-state index is 0.0806. The number of ether oxygens (including phenoxy) is 1. The lowest BCUT2D eigenvalue weighted by Gasteiger charge is -2.26. The van der Waals surface area contributed by atoms with Crippen LogP contribution in [0.5, 0.6) is 5.75 Å². The molecule has 2 N–H and O–H groups in total. The molecule has 2 aromatic carbocycles. The van der Waals surface area contributed by atoms with Gasteiger partial charge in [-0.1, -0.05) is 30.3 Å². The summed E-state index contributed by atoms with van der Waals surface area (Å²) >= 11 is 5.32. The molecule has 1 heterocycles. The summed E-state index contributed by atoms with van der Waals surface area (Å²) in [6, 6.07) is 18.3. The van der Waals surface area contributed by atoms with Gasteiger partial charge in [-0.25, -0.2) is 0 Å². The van der Waals surface area contributed by atoms with E-state index in [0.29, 0.717) is 5.11 Å². The van der Waals surface area contributed by atoms with Crippen LogP contribution in [0.2, 0.25) is 0 Å². The Kier molecular flexibility index (Phi) is 3.88. The monoisotopic (exact) mass is 296 g/mol. The highest BCUT2D eigenvalue weighted by Crippen LogP contribution is 2.24. The number of thiocarbonyl (C=S) groups is 1. The fourth-order valence-corrected chi connectivity index (χ4v) is 2.57. The number of hydrogen-bond donors (Lipinski definition) is 2. The van der Waals surface area contributed by atoms with Crippen LogP contribution < -0.4 is 15.4 Å². The molecule has 1 unspecified atom stereocenters. The highest BCUT2D eigenvalue weighted by Gasteiger charge is 2.18. The second-order valence-corrected chi connectivity index (χ2v) is 5.20. The van der Waals surface area contributed by atoms with E-state index in [9.17, 15) is 0 Å². The van der Waals surface area contributed by atoms with Crippen molar-refractivity contribution in [2.75, 3.05) is 7.11 Å². The first kappa shape index (κ1) is 13.6. The van der Waals surface area contributed by atoms with E-state index in [-0.39, 0.29) is 6.04 Å². The molecular formula is C17H16N2OS. The Bertz CT molecular complexity index is 665. The van der Waals surface area contributed by atoms with Gasteiger partial charge in [0, 0.05) is 5.70 Å². The molecule has 1 atom stereocenters. The van der Waals surface area contributed by atoms with Crippen molar-refractivity contribution in [3.8, 4) is 5.75 Å². The number of methoxy groups -OCH3 is 1. The molecule has 0 aromatic heterocycles. The predicted molar refractivity (Wildman–Crippen MR) is 89.0 cm³/mol. The van der Waals surface area contributed by atoms with Crippen molar-refractivity contribution in [3.63, 3.8) is 0 Å². The van der Waals surface area contributed by atoms with Crippen LogP contribution in [0.4, 0.5) is 0 Å². The Hall–Kier alpha value is -2.33. The van der Waals surface area contributed by atoms with Gasteiger partial charge in [0.15, 0.2) is 5.11 Å². The minimum Gasteiger partial charge on any atom is -0.497 e. The summed E-state index contributed by atoms with van der Waals surface area (Å²) in [6.45, 7) is 0. The summed E-state index contributed by atoms with van der Waals surface area (Å²) in [5.74, 6) is 0.843. The Morgan fingerprint density at radius 1 is 1.00 bits per heavy atom. The molecule has 0 saturated heterocycles. The molecule has 106 valence electrons. The molecule has 0 radical (unpaired) electrons. The zero-order valence-corrected chi connectivity index (χ0v) is 12.5. The molecule has 4 heteroatoms. The summed E-state index contributed by atoms with van der Waals surface area (Å²) < 4.78 is 5.19. The Labute approximate surface area is 129 Å². The van der Waals surface area contributed by atoms with Crippen molar-refractivity contribution in [1.29, 1.82) is 0 Å². The van der Waals surface area contributed by atoms with Crippen LogP contribution in [0.1, 0.15) is 17.2 Å². The van der Waals surface area contributed by atoms with Crippen molar-refractivity contribution < 1.29 is 4.74 Å². The Balaban J connectivity index is 1.92. The van der Waals surface area contributed by atoms with Crippen LogP contribution in [-0.4, -0.2) is 12.2 Å². The van der Waals surface area contributed by atoms with Crippen molar-refractivity contribution in [2.24, 2.45) is 0 Å². The maximum Gasteiger partial charge on any atom is 0.171 e. The molecule has 0 amide bonds. The molecule has 0 aliphatic carbocycles. The molecule has 0 spiro atoms. The summed E-state index contributed by atoms with van der Waals surface area (Å²) in [6.07, 6.45) is 2.15. The maximum absolute atomic E-state index is 5.32. The first-order chi connectivity index (χ1) is 10.3. The Morgan fingerprint density at radius 2 is 1.71 bits per heavy atom. The second-order valence-electron chi connectivity index (χ2n) is 4.80. The lowest BCUT2D eigenvalue weighted by Crippen LogP contribution is -2.40. The van der Waals surface area contributed by atoms with E-state index >= 15 is 0 Å². The van der Waals surface area contributed by atoms with Crippen molar-refractivity contribution in [3.05, 3.63) is 71.8 Å². The van der Waals surface area contributed by atoms with Gasteiger partial charge in [0.25, 0.3) is 0 Å². The van der Waals surface area contributed by atoms with E-state index in [2.05, 4.69) is 28.8 Å². The van der Waals surface area contributed by atoms with Crippen LogP contribution in [-0.2, 0) is 0 Å². The molecule has 21 heavy (non-hydrogen) atoms. The third-order valence-corrected chi connectivity index (χ3v) is 3.65. The van der Waals surface area contributed by atoms with E-state index in [1.165, 1.54) is 5.56 Å². The van der Waals surface area contributed by atoms with E-state index in [1.54, 1.807) is 7.11 Å². The van der Waals surface area contributed by atoms with Crippen LogP contribution in [0, 0.1) is 0 Å². The zero-order valence-electron chi connectivity index (χ0n) is 11.7. The van der Waals surface area contributed by atoms with E-state index < -0.39 is 0 Å². The van der Waals surface area contributed by atoms with Crippen LogP contribution in [0.15, 0.2) is 60.7 Å². The van der Waals surface area contributed by atoms with Gasteiger partial charge in [-0.3, -0.25) is 0 Å². The molecule has 3 nitrogen and oxygen atoms in total. The van der Waals surface area contributed by atoms with Gasteiger partial charge in [0.05, 0.1) is 13.2 Å². The minimum absolute atomic E-state index is 0.0806. The maximum atomic E-state index is 5.32. The highest BCUT2D eigenvalue weighted by atomic mass is 32.1. The zero-order chi connectivity index (χ0) is 14.7. The normalized spacial score (nSPS) is 17.5. The molecule has 0 saturated carbocycles. The lowest BCUT2D eigenvalue weighted by atomic mass is 10.0. The molecular weight excluding hydrogens is 280 g/mol. The van der Waals surface area contributed by atoms with Gasteiger partial charge < -0.3 is 15.4 Å². The standard InChI is InChI=1S/C17H16N2OS/c1-20-14-9-7-13(8-10-14)16-11-15(18-17(21)19-16)12-5-3-2-4-6-12/h2-11,15H,1H3,(H2,18,19,21). The summed E-state index contributed by atoms with van der Waals surface area (Å²) in [5.41, 5.74) is 3.28. The molecule has 3 rings (SSSR count). The number of rotatable bonds is 3. The van der Waals surface area contributed by atoms with E-state index in [0.717, 1.165) is 17.0 Å². The molecule has 0 fully saturated rings. The number of nitrogens with one attached hydrogen (secondary N) is 2. The fraction of sp³-hybridized carbons (Fsp3) is 0.118. The molecule has 1 aliphatic heterocycles. The molecule has 1 aliphatic rings. The quantitative estimate of drug-likeness (QED) is 0.852. The predicted octanol–water partition coefficient (Wildman–Crippen LogP) is 3.26. The van der Waals surface area contributed by atoms with Crippen LogP contribution in [0.3, 0.4) is 0 Å². The van der Waals surface area contributed by atoms with E-state index in [1.807, 2.05) is 42.5 Å². The summed E-state index contributed by atoms with van der Waals surface area (Å²) in [7, 11) is 1.66. The van der Waals surface area contributed by atoms with Crippen molar-refractivity contribution in [1.82, 2.24) is 10.6 Å². The van der Waals surface area contributed by atoms with Crippen molar-refractivity contribution >= 4 is 23.0 Å². The lowest BCUT2D eigenvalue weighted by molar-refractivity contribution is 0.415. The first-order valence-electron chi connectivity index (χ1n) is 6.75. The SMILES string of the molecule is COc1ccc(C2=CC(c3ccccc3)NC(=S)N2)cc1. The molecule has 2 aromatic rings. The molecule has 0 bridgehead atoms. The highest BCUT2D eigenvalue weighted by molar-refractivity contribution is 7.80. The topological polar surface area (TPSA) is 33.3 Å². The van der Waals surface area contributed by atoms with Crippen LogP contribution in [0.25, 0.3) is 5.70 Å². The van der Waals surface area contributed by atoms with Gasteiger partial charge in [-0.2, -0.15) is 0 Å². The third kappa shape index (κ3) is 3.06. The number of hydrogen-bond acceptors (Lipinski definition) is 2. The first-order valence-corrected chi connectivity index (χ1v) is 7.16. The average Bonchev–Trinajstić information content (AvgIpc) is 2.55. The van der Waals surface area contributed by atoms with Gasteiger partial charge in [0.2, 0.25) is 0 Å². The summed E-state index contributed by atoms with van der Waals surface area (Å²) in [5, 5.41) is 7.12. The summed E-state index contributed by atoms with van der Waals surface area (Å²) in [4.78, 5) is 0. The smallest absolute Gasteiger partial charge is 0.171 e. The average molecular weight is 296 g/mol. The van der Waals surface area contributed by atoms with Gasteiger partial charge in [0.1, 0.15) is 5.75 Å². The van der Waals surface area contributed by atoms with Crippen LogP contribution >= 0.6 is 12.2 Å². The van der Waals surface area contributed by atoms with Gasteiger partial charge in [-0.15, -0.1) is 0 Å². The van der Waals surface area contributed by atoms with Crippen molar-refractivity contribution in [2.45, 2.75) is 6.04 Å². The fourth-order valence-electron chi connectivity index (χ4n) is 2.33. The van der Waals surface area contributed by atoms with E-state index in [4.69, 9.17) is 17.0 Å². The number of benzene rings is 2. The van der Waals surface area contributed by atoms with Gasteiger partial charge >= 0.3 is 0 Å². The second kappa shape index (κ2) is 5.97. The third-order valence-electron chi connectivity index (χ3n) is 3.43. The Morgan fingerprint density at radius 3 is 2.38 bits per heavy atom. The van der Waals surface area contributed by atoms with Gasteiger partial charge in [-0.05, 0) is 53.7 Å².